The summed E-state index contributed by atoms with van der Waals surface area (Å²) < 4.78 is 32.0. The van der Waals surface area contributed by atoms with Crippen LogP contribution in [0.2, 0.25) is 0 Å². The lowest BCUT2D eigenvalue weighted by molar-refractivity contribution is 0.416. The van der Waals surface area contributed by atoms with Gasteiger partial charge in [0, 0.05) is 22.0 Å². The average molecular weight is 479 g/mol. The number of methoxy groups -OCH3 is 1. The van der Waals surface area contributed by atoms with Gasteiger partial charge in [0.25, 0.3) is 0 Å². The van der Waals surface area contributed by atoms with Crippen molar-refractivity contribution in [2.75, 3.05) is 24.2 Å². The summed E-state index contributed by atoms with van der Waals surface area (Å²) in [6, 6.07) is 11.7. The second-order valence-electron chi connectivity index (χ2n) is 6.66. The van der Waals surface area contributed by atoms with E-state index in [1.54, 1.807) is 18.4 Å². The van der Waals surface area contributed by atoms with E-state index in [1.807, 2.05) is 35.7 Å². The van der Waals surface area contributed by atoms with Crippen LogP contribution in [-0.2, 0) is 16.4 Å². The van der Waals surface area contributed by atoms with E-state index in [0.717, 1.165) is 56.1 Å². The molecule has 5 nitrogen and oxygen atoms in total. The lowest BCUT2D eigenvalue weighted by atomic mass is 10.00. The zero-order valence-corrected chi connectivity index (χ0v) is 18.7. The Labute approximate surface area is 177 Å². The Kier molecular flexibility index (Phi) is 5.20. The zero-order valence-electron chi connectivity index (χ0n) is 15.5. The van der Waals surface area contributed by atoms with Crippen LogP contribution in [0.5, 0.6) is 5.75 Å². The minimum absolute atomic E-state index is 0.536. The number of aryl methyl sites for hydroxylation is 1. The van der Waals surface area contributed by atoms with Gasteiger partial charge in [0.1, 0.15) is 10.8 Å². The highest BCUT2D eigenvalue weighted by atomic mass is 79.9. The van der Waals surface area contributed by atoms with Crippen LogP contribution >= 0.6 is 27.3 Å². The molecule has 1 aromatic heterocycles. The van der Waals surface area contributed by atoms with Gasteiger partial charge in [-0.3, -0.25) is 4.31 Å². The van der Waals surface area contributed by atoms with E-state index in [9.17, 15) is 8.42 Å². The number of sulfonamides is 1. The summed E-state index contributed by atoms with van der Waals surface area (Å²) in [5.41, 5.74) is 4.63. The number of ether oxygens (including phenoxy) is 1. The molecule has 4 rings (SSSR count). The molecule has 1 aliphatic heterocycles. The molecule has 8 heteroatoms. The summed E-state index contributed by atoms with van der Waals surface area (Å²) in [5, 5.41) is 2.90. The maximum Gasteiger partial charge on any atom is 0.232 e. The van der Waals surface area contributed by atoms with Crippen LogP contribution in [0.1, 0.15) is 12.0 Å². The Morgan fingerprint density at radius 2 is 2.04 bits per heavy atom. The molecule has 0 unspecified atom stereocenters. The monoisotopic (exact) mass is 478 g/mol. The summed E-state index contributed by atoms with van der Waals surface area (Å²) >= 11 is 5.06. The third-order valence-corrected chi connectivity index (χ3v) is 7.30. The van der Waals surface area contributed by atoms with Crippen molar-refractivity contribution in [1.82, 2.24) is 4.98 Å². The molecule has 0 N–H and O–H groups in total. The van der Waals surface area contributed by atoms with Gasteiger partial charge in [0.05, 0.1) is 30.3 Å². The van der Waals surface area contributed by atoms with Gasteiger partial charge in [-0.15, -0.1) is 11.3 Å². The highest BCUT2D eigenvalue weighted by Crippen LogP contribution is 2.38. The van der Waals surface area contributed by atoms with Gasteiger partial charge in [0.15, 0.2) is 0 Å². The van der Waals surface area contributed by atoms with Crippen molar-refractivity contribution in [3.05, 3.63) is 51.8 Å². The van der Waals surface area contributed by atoms with Gasteiger partial charge < -0.3 is 4.74 Å². The maximum absolute atomic E-state index is 12.1. The number of rotatable bonds is 4. The number of aromatic nitrogens is 1. The highest BCUT2D eigenvalue weighted by molar-refractivity contribution is 9.10. The number of fused-ring (bicyclic) bond motifs is 1. The molecular formula is C20H19BrN2O3S2. The summed E-state index contributed by atoms with van der Waals surface area (Å²) in [5.74, 6) is 0.776. The number of hydrogen-bond acceptors (Lipinski definition) is 5. The smallest absolute Gasteiger partial charge is 0.232 e. The SMILES string of the molecule is COc1ccc(Br)cc1-c1nc(-c2ccc3c(c2)CCCN3S(C)(=O)=O)cs1. The predicted octanol–water partition coefficient (Wildman–Crippen LogP) is 4.96. The van der Waals surface area contributed by atoms with E-state index in [1.165, 1.54) is 10.6 Å². The van der Waals surface area contributed by atoms with Crippen molar-refractivity contribution in [2.45, 2.75) is 12.8 Å². The van der Waals surface area contributed by atoms with Crippen molar-refractivity contribution in [2.24, 2.45) is 0 Å². The van der Waals surface area contributed by atoms with Crippen LogP contribution in [0.3, 0.4) is 0 Å². The van der Waals surface area contributed by atoms with Gasteiger partial charge >= 0.3 is 0 Å². The number of benzene rings is 2. The van der Waals surface area contributed by atoms with Crippen LogP contribution in [0.4, 0.5) is 5.69 Å². The van der Waals surface area contributed by atoms with Crippen LogP contribution in [-0.4, -0.2) is 33.3 Å². The fraction of sp³-hybridized carbons (Fsp3) is 0.250. The normalized spacial score (nSPS) is 14.0. The standard InChI is InChI=1S/C20H19BrN2O3S2/c1-26-19-8-6-15(21)11-16(19)20-22-17(12-27-20)13-5-7-18-14(10-13)4-3-9-23(18)28(2,24)25/h5-8,10-12H,3-4,9H2,1-2H3. The topological polar surface area (TPSA) is 59.5 Å². The molecule has 0 fully saturated rings. The molecule has 0 saturated heterocycles. The van der Waals surface area contributed by atoms with Crippen molar-refractivity contribution < 1.29 is 13.2 Å². The lowest BCUT2D eigenvalue weighted by Gasteiger charge is -2.29. The molecule has 146 valence electrons. The molecule has 2 heterocycles. The third-order valence-electron chi connectivity index (χ3n) is 4.75. The molecule has 28 heavy (non-hydrogen) atoms. The van der Waals surface area contributed by atoms with Crippen LogP contribution < -0.4 is 9.04 Å². The molecule has 3 aromatic rings. The molecule has 0 amide bonds. The molecule has 0 bridgehead atoms. The first-order chi connectivity index (χ1) is 13.4. The first kappa shape index (κ1) is 19.4. The van der Waals surface area contributed by atoms with E-state index in [2.05, 4.69) is 22.0 Å². The number of thiazole rings is 1. The second kappa shape index (κ2) is 7.50. The third kappa shape index (κ3) is 3.68. The molecule has 0 aliphatic carbocycles. The minimum atomic E-state index is -3.26. The Morgan fingerprint density at radius 1 is 1.21 bits per heavy atom. The first-order valence-electron chi connectivity index (χ1n) is 8.77. The van der Waals surface area contributed by atoms with E-state index >= 15 is 0 Å². The van der Waals surface area contributed by atoms with Crippen LogP contribution in [0, 0.1) is 0 Å². The predicted molar refractivity (Wildman–Crippen MR) is 118 cm³/mol. The second-order valence-corrected chi connectivity index (χ2v) is 10.3. The lowest BCUT2D eigenvalue weighted by Crippen LogP contribution is -2.34. The summed E-state index contributed by atoms with van der Waals surface area (Å²) in [7, 11) is -1.61. The minimum Gasteiger partial charge on any atom is -0.496 e. The van der Waals surface area contributed by atoms with Gasteiger partial charge in [0.2, 0.25) is 10.0 Å². The largest absolute Gasteiger partial charge is 0.496 e. The fourth-order valence-corrected chi connectivity index (χ4v) is 5.65. The quantitative estimate of drug-likeness (QED) is 0.531. The van der Waals surface area contributed by atoms with Crippen LogP contribution in [0.15, 0.2) is 46.3 Å². The highest BCUT2D eigenvalue weighted by Gasteiger charge is 2.24. The van der Waals surface area contributed by atoms with Crippen molar-refractivity contribution in [3.63, 3.8) is 0 Å². The van der Waals surface area contributed by atoms with E-state index in [-0.39, 0.29) is 0 Å². The van der Waals surface area contributed by atoms with Crippen LogP contribution in [0.25, 0.3) is 21.8 Å². The van der Waals surface area contributed by atoms with E-state index < -0.39 is 10.0 Å². The molecule has 0 saturated carbocycles. The Hall–Kier alpha value is -1.90. The van der Waals surface area contributed by atoms with Gasteiger partial charge in [-0.25, -0.2) is 13.4 Å². The fourth-order valence-electron chi connectivity index (χ4n) is 3.44. The average Bonchev–Trinajstić information content (AvgIpc) is 3.16. The van der Waals surface area contributed by atoms with Gasteiger partial charge in [-0.1, -0.05) is 22.0 Å². The van der Waals surface area contributed by atoms with Crippen molar-refractivity contribution >= 4 is 43.0 Å². The Balaban J connectivity index is 1.72. The number of hydrogen-bond donors (Lipinski definition) is 0. The summed E-state index contributed by atoms with van der Waals surface area (Å²) in [6.07, 6.45) is 2.95. The number of halogens is 1. The maximum atomic E-state index is 12.1. The zero-order chi connectivity index (χ0) is 19.9. The van der Waals surface area contributed by atoms with Crippen molar-refractivity contribution in [3.8, 4) is 27.6 Å². The molecular weight excluding hydrogens is 460 g/mol. The molecule has 1 aliphatic rings. The summed E-state index contributed by atoms with van der Waals surface area (Å²) in [4.78, 5) is 4.80. The Morgan fingerprint density at radius 3 is 2.79 bits per heavy atom. The molecule has 0 atom stereocenters. The molecule has 0 radical (unpaired) electrons. The van der Waals surface area contributed by atoms with E-state index in [4.69, 9.17) is 9.72 Å². The number of nitrogens with zero attached hydrogens (tertiary/aromatic N) is 2. The first-order valence-corrected chi connectivity index (χ1v) is 12.3. The van der Waals surface area contributed by atoms with Gasteiger partial charge in [-0.2, -0.15) is 0 Å². The van der Waals surface area contributed by atoms with E-state index in [0.29, 0.717) is 6.54 Å². The van der Waals surface area contributed by atoms with Gasteiger partial charge in [-0.05, 0) is 48.7 Å². The molecule has 0 spiro atoms. The molecule has 2 aromatic carbocycles. The Bertz CT molecular complexity index is 1140. The number of anilines is 1. The van der Waals surface area contributed by atoms with Crippen molar-refractivity contribution in [1.29, 1.82) is 0 Å². The summed E-state index contributed by atoms with van der Waals surface area (Å²) in [6.45, 7) is 0.536.